The minimum atomic E-state index is 0.422. The van der Waals surface area contributed by atoms with E-state index in [9.17, 15) is 0 Å². The lowest BCUT2D eigenvalue weighted by Gasteiger charge is -2.40. The van der Waals surface area contributed by atoms with Gasteiger partial charge in [0.05, 0.1) is 14.2 Å². The number of hydrogen-bond acceptors (Lipinski definition) is 5. The van der Waals surface area contributed by atoms with Gasteiger partial charge < -0.3 is 9.47 Å². The van der Waals surface area contributed by atoms with Gasteiger partial charge in [0.1, 0.15) is 0 Å². The van der Waals surface area contributed by atoms with Gasteiger partial charge in [0, 0.05) is 44.4 Å². The second kappa shape index (κ2) is 8.52. The summed E-state index contributed by atoms with van der Waals surface area (Å²) in [6, 6.07) is 13.2. The lowest BCUT2D eigenvalue weighted by molar-refractivity contribution is 0.0899. The summed E-state index contributed by atoms with van der Waals surface area (Å²) in [5, 5.41) is 0. The van der Waals surface area contributed by atoms with Crippen LogP contribution in [0.2, 0.25) is 0 Å². The molecule has 140 valence electrons. The van der Waals surface area contributed by atoms with Crippen molar-refractivity contribution in [3.63, 3.8) is 0 Å². The number of likely N-dealkylation sites (N-methyl/N-ethyl adjacent to an activating group) is 1. The highest BCUT2D eigenvalue weighted by Crippen LogP contribution is 2.28. The molecule has 1 atom stereocenters. The van der Waals surface area contributed by atoms with Crippen molar-refractivity contribution in [2.24, 2.45) is 0 Å². The third kappa shape index (κ3) is 4.17. The highest BCUT2D eigenvalue weighted by atomic mass is 16.5. The fourth-order valence-electron chi connectivity index (χ4n) is 3.68. The Kier molecular flexibility index (Phi) is 6.12. The first-order chi connectivity index (χ1) is 12.6. The van der Waals surface area contributed by atoms with E-state index in [0.717, 1.165) is 32.6 Å². The number of aryl methyl sites for hydroxylation is 1. The zero-order chi connectivity index (χ0) is 18.5. The first-order valence-electron chi connectivity index (χ1n) is 9.24. The molecule has 0 aliphatic carbocycles. The van der Waals surface area contributed by atoms with E-state index in [1.165, 1.54) is 16.7 Å². The maximum absolute atomic E-state index is 5.31. The molecule has 1 aliphatic heterocycles. The normalized spacial score (nSPS) is 18.7. The fraction of sp³-hybridized carbons (Fsp3) is 0.476. The Morgan fingerprint density at radius 1 is 1.08 bits per heavy atom. The highest BCUT2D eigenvalue weighted by Gasteiger charge is 2.27. The highest BCUT2D eigenvalue weighted by molar-refractivity contribution is 5.31. The van der Waals surface area contributed by atoms with Gasteiger partial charge in [-0.15, -0.1) is 0 Å². The number of ether oxygens (including phenoxy) is 2. The third-order valence-electron chi connectivity index (χ3n) is 5.19. The molecule has 1 aromatic heterocycles. The third-order valence-corrected chi connectivity index (χ3v) is 5.19. The lowest BCUT2D eigenvalue weighted by Crippen LogP contribution is -2.46. The van der Waals surface area contributed by atoms with Crippen molar-refractivity contribution in [3.05, 3.63) is 53.1 Å². The zero-order valence-electron chi connectivity index (χ0n) is 16.2. The largest absolute Gasteiger partial charge is 0.481 e. The quantitative estimate of drug-likeness (QED) is 0.796. The Balaban J connectivity index is 1.78. The fourth-order valence-corrected chi connectivity index (χ4v) is 3.68. The number of pyridine rings is 1. The Hall–Kier alpha value is -2.11. The van der Waals surface area contributed by atoms with Gasteiger partial charge in [0.15, 0.2) is 0 Å². The maximum atomic E-state index is 5.31. The molecule has 2 aromatic rings. The number of methoxy groups -OCH3 is 2. The average Bonchev–Trinajstić information content (AvgIpc) is 2.69. The van der Waals surface area contributed by atoms with Gasteiger partial charge in [-0.3, -0.25) is 9.80 Å². The minimum Gasteiger partial charge on any atom is -0.481 e. The number of benzene rings is 1. The number of rotatable bonds is 6. The molecule has 0 radical (unpaired) electrons. The van der Waals surface area contributed by atoms with Gasteiger partial charge in [-0.05, 0) is 30.2 Å². The Morgan fingerprint density at radius 3 is 2.42 bits per heavy atom. The van der Waals surface area contributed by atoms with Crippen molar-refractivity contribution < 1.29 is 9.47 Å². The van der Waals surface area contributed by atoms with Crippen LogP contribution in [0.25, 0.3) is 0 Å². The van der Waals surface area contributed by atoms with Crippen molar-refractivity contribution in [1.82, 2.24) is 14.8 Å². The second-order valence-corrected chi connectivity index (χ2v) is 6.84. The van der Waals surface area contributed by atoms with Crippen LogP contribution in [0.3, 0.4) is 0 Å². The zero-order valence-corrected chi connectivity index (χ0v) is 16.2. The molecule has 1 saturated heterocycles. The van der Waals surface area contributed by atoms with Crippen LogP contribution in [0.1, 0.15) is 29.7 Å². The Labute approximate surface area is 156 Å². The van der Waals surface area contributed by atoms with E-state index in [4.69, 9.17) is 9.47 Å². The van der Waals surface area contributed by atoms with Gasteiger partial charge >= 0.3 is 0 Å². The molecule has 0 N–H and O–H groups in total. The predicted molar refractivity (Wildman–Crippen MR) is 104 cm³/mol. The second-order valence-electron chi connectivity index (χ2n) is 6.84. The van der Waals surface area contributed by atoms with Crippen molar-refractivity contribution in [1.29, 1.82) is 0 Å². The first kappa shape index (κ1) is 18.7. The summed E-state index contributed by atoms with van der Waals surface area (Å²) in [4.78, 5) is 9.27. The maximum Gasteiger partial charge on any atom is 0.216 e. The lowest BCUT2D eigenvalue weighted by atomic mass is 9.96. The molecule has 1 aromatic carbocycles. The number of aromatic nitrogens is 1. The molecule has 5 heteroatoms. The summed E-state index contributed by atoms with van der Waals surface area (Å²) in [5.74, 6) is 1.20. The molecular weight excluding hydrogens is 326 g/mol. The number of piperazine rings is 1. The van der Waals surface area contributed by atoms with Crippen LogP contribution in [0, 0.1) is 0 Å². The molecule has 26 heavy (non-hydrogen) atoms. The average molecular weight is 355 g/mol. The van der Waals surface area contributed by atoms with Crippen LogP contribution >= 0.6 is 0 Å². The minimum absolute atomic E-state index is 0.422. The Bertz CT molecular complexity index is 713. The molecule has 5 nitrogen and oxygen atoms in total. The smallest absolute Gasteiger partial charge is 0.216 e. The van der Waals surface area contributed by atoms with Crippen LogP contribution in [0.15, 0.2) is 36.4 Å². The number of hydrogen-bond donors (Lipinski definition) is 0. The molecular formula is C21H29N3O2. The first-order valence-corrected chi connectivity index (χ1v) is 9.24. The molecule has 1 aliphatic rings. The standard InChI is InChI=1S/C21H29N3O2/c1-5-17-8-6-7-9-18(17)19-15-24(11-10-23(19)2)14-16-12-20(25-3)22-21(13-16)26-4/h6-9,12-13,19H,5,10-11,14-15H2,1-4H3. The van der Waals surface area contributed by atoms with Crippen molar-refractivity contribution >= 4 is 0 Å². The van der Waals surface area contributed by atoms with E-state index >= 15 is 0 Å². The van der Waals surface area contributed by atoms with Crippen LogP contribution in [0.5, 0.6) is 11.8 Å². The van der Waals surface area contributed by atoms with E-state index < -0.39 is 0 Å². The van der Waals surface area contributed by atoms with Crippen LogP contribution in [-0.2, 0) is 13.0 Å². The summed E-state index contributed by atoms with van der Waals surface area (Å²) in [5.41, 5.74) is 4.06. The van der Waals surface area contributed by atoms with E-state index in [1.807, 2.05) is 12.1 Å². The summed E-state index contributed by atoms with van der Waals surface area (Å²) < 4.78 is 10.6. The molecule has 0 bridgehead atoms. The van der Waals surface area contributed by atoms with Gasteiger partial charge in [0.2, 0.25) is 11.8 Å². The summed E-state index contributed by atoms with van der Waals surface area (Å²) >= 11 is 0. The molecule has 0 amide bonds. The van der Waals surface area contributed by atoms with E-state index in [0.29, 0.717) is 17.8 Å². The Morgan fingerprint density at radius 2 is 1.77 bits per heavy atom. The summed E-state index contributed by atoms with van der Waals surface area (Å²) in [7, 11) is 5.51. The van der Waals surface area contributed by atoms with Gasteiger partial charge in [-0.25, -0.2) is 0 Å². The SMILES string of the molecule is CCc1ccccc1C1CN(Cc2cc(OC)nc(OC)c2)CCN1C. The summed E-state index contributed by atoms with van der Waals surface area (Å²) in [6.45, 7) is 6.22. The van der Waals surface area contributed by atoms with Crippen LogP contribution in [0.4, 0.5) is 0 Å². The van der Waals surface area contributed by atoms with Gasteiger partial charge in [-0.1, -0.05) is 31.2 Å². The number of nitrogens with zero attached hydrogens (tertiary/aromatic N) is 3. The topological polar surface area (TPSA) is 37.8 Å². The van der Waals surface area contributed by atoms with Crippen LogP contribution < -0.4 is 9.47 Å². The van der Waals surface area contributed by atoms with Crippen LogP contribution in [-0.4, -0.2) is 55.7 Å². The van der Waals surface area contributed by atoms with Gasteiger partial charge in [0.25, 0.3) is 0 Å². The molecule has 3 rings (SSSR count). The van der Waals surface area contributed by atoms with Crippen molar-refractivity contribution in [3.8, 4) is 11.8 Å². The molecule has 2 heterocycles. The molecule has 0 saturated carbocycles. The monoisotopic (exact) mass is 355 g/mol. The van der Waals surface area contributed by atoms with Crippen molar-refractivity contribution in [2.75, 3.05) is 40.9 Å². The van der Waals surface area contributed by atoms with E-state index in [1.54, 1.807) is 14.2 Å². The summed E-state index contributed by atoms with van der Waals surface area (Å²) in [6.07, 6.45) is 1.07. The predicted octanol–water partition coefficient (Wildman–Crippen LogP) is 3.15. The molecule has 1 unspecified atom stereocenters. The molecule has 1 fully saturated rings. The molecule has 0 spiro atoms. The van der Waals surface area contributed by atoms with E-state index in [2.05, 4.69) is 53.0 Å². The van der Waals surface area contributed by atoms with E-state index in [-0.39, 0.29) is 0 Å². The van der Waals surface area contributed by atoms with Gasteiger partial charge in [-0.2, -0.15) is 4.98 Å². The van der Waals surface area contributed by atoms with Crippen molar-refractivity contribution in [2.45, 2.75) is 25.9 Å².